The van der Waals surface area contributed by atoms with Gasteiger partial charge in [-0.1, -0.05) is 20.8 Å². The van der Waals surface area contributed by atoms with Crippen molar-refractivity contribution in [3.63, 3.8) is 0 Å². The van der Waals surface area contributed by atoms with Crippen LogP contribution < -0.4 is 5.32 Å². The maximum atomic E-state index is 11.9. The maximum Gasteiger partial charge on any atom is 0.407 e. The molecule has 0 radical (unpaired) electrons. The van der Waals surface area contributed by atoms with E-state index in [1.165, 1.54) is 7.11 Å². The van der Waals surface area contributed by atoms with E-state index >= 15 is 0 Å². The zero-order chi connectivity index (χ0) is 17.8. The molecule has 0 heterocycles. The van der Waals surface area contributed by atoms with Gasteiger partial charge in [0.1, 0.15) is 5.60 Å². The van der Waals surface area contributed by atoms with E-state index in [1.807, 2.05) is 13.1 Å². The summed E-state index contributed by atoms with van der Waals surface area (Å²) in [4.78, 5) is 23.6. The van der Waals surface area contributed by atoms with Crippen molar-refractivity contribution < 1.29 is 23.5 Å². The second-order valence-electron chi connectivity index (χ2n) is 7.77. The van der Waals surface area contributed by atoms with Crippen LogP contribution in [0.25, 0.3) is 0 Å². The molecule has 1 N–H and O–H groups in total. The van der Waals surface area contributed by atoms with Crippen molar-refractivity contribution in [2.75, 3.05) is 13.7 Å². The van der Waals surface area contributed by atoms with Gasteiger partial charge >= 0.3 is 12.1 Å². The monoisotopic (exact) mass is 333 g/mol. The Balaban J connectivity index is 4.82. The molecular formula is C15H31NO5Si. The summed E-state index contributed by atoms with van der Waals surface area (Å²) in [6, 6.07) is 0. The number of alkyl carbamates (subject to hydrolysis) is 1. The van der Waals surface area contributed by atoms with Gasteiger partial charge in [-0.2, -0.15) is 0 Å². The Morgan fingerprint density at radius 3 is 1.95 bits per heavy atom. The average molecular weight is 334 g/mol. The van der Waals surface area contributed by atoms with E-state index in [4.69, 9.17) is 13.9 Å². The highest BCUT2D eigenvalue weighted by Gasteiger charge is 2.41. The molecule has 1 amide bonds. The highest BCUT2D eigenvalue weighted by atomic mass is 28.4. The molecule has 22 heavy (non-hydrogen) atoms. The number of nitrogens with one attached hydrogen (secondary N) is 1. The summed E-state index contributed by atoms with van der Waals surface area (Å²) >= 11 is 0. The Labute approximate surface area is 135 Å². The van der Waals surface area contributed by atoms with E-state index < -0.39 is 32.1 Å². The van der Waals surface area contributed by atoms with Gasteiger partial charge in [0.05, 0.1) is 13.7 Å². The number of amides is 1. The number of carbonyl (C=O) groups is 2. The fourth-order valence-electron chi connectivity index (χ4n) is 1.33. The van der Waals surface area contributed by atoms with Crippen molar-refractivity contribution >= 4 is 20.4 Å². The van der Waals surface area contributed by atoms with E-state index in [-0.39, 0.29) is 11.6 Å². The molecule has 0 aliphatic rings. The molecule has 1 atom stereocenters. The summed E-state index contributed by atoms with van der Waals surface area (Å²) in [5.74, 6) is -0.499. The summed E-state index contributed by atoms with van der Waals surface area (Å²) in [6.07, 6.45) is -1.42. The highest BCUT2D eigenvalue weighted by molar-refractivity contribution is 6.74. The fraction of sp³-hybridized carbons (Fsp3) is 0.867. The number of methoxy groups -OCH3 is 1. The first-order chi connectivity index (χ1) is 9.69. The third-order valence-corrected chi connectivity index (χ3v) is 8.02. The molecule has 0 bridgehead atoms. The Morgan fingerprint density at radius 1 is 1.09 bits per heavy atom. The molecule has 0 aromatic rings. The molecule has 0 spiro atoms. The molecule has 0 fully saturated rings. The molecule has 0 aliphatic carbocycles. The molecular weight excluding hydrogens is 302 g/mol. The lowest BCUT2D eigenvalue weighted by atomic mass is 10.2. The molecule has 0 aliphatic heterocycles. The molecule has 7 heteroatoms. The van der Waals surface area contributed by atoms with Gasteiger partial charge in [-0.15, -0.1) is 0 Å². The maximum absolute atomic E-state index is 11.9. The van der Waals surface area contributed by atoms with Gasteiger partial charge < -0.3 is 19.2 Å². The standard InChI is InChI=1S/C15H31NO5Si/c1-14(2,3)20-13(18)16-10-11(12(17)19-7)21-22(8,9)15(4,5)6/h11H,10H2,1-9H3,(H,16,18). The van der Waals surface area contributed by atoms with Crippen molar-refractivity contribution in [3.05, 3.63) is 0 Å². The van der Waals surface area contributed by atoms with Crippen molar-refractivity contribution in [1.29, 1.82) is 0 Å². The fourth-order valence-corrected chi connectivity index (χ4v) is 2.57. The van der Waals surface area contributed by atoms with E-state index in [0.29, 0.717) is 0 Å². The molecule has 0 aromatic heterocycles. The zero-order valence-electron chi connectivity index (χ0n) is 15.3. The minimum absolute atomic E-state index is 0.0219. The number of esters is 1. The van der Waals surface area contributed by atoms with Crippen LogP contribution >= 0.6 is 0 Å². The first kappa shape index (κ1) is 20.9. The molecule has 0 rings (SSSR count). The first-order valence-corrected chi connectivity index (χ1v) is 10.3. The van der Waals surface area contributed by atoms with E-state index in [9.17, 15) is 9.59 Å². The first-order valence-electron chi connectivity index (χ1n) is 7.42. The van der Waals surface area contributed by atoms with Crippen LogP contribution in [0.5, 0.6) is 0 Å². The van der Waals surface area contributed by atoms with Crippen LogP contribution in [0.15, 0.2) is 0 Å². The number of ether oxygens (including phenoxy) is 2. The van der Waals surface area contributed by atoms with Crippen LogP contribution in [0, 0.1) is 0 Å². The Morgan fingerprint density at radius 2 is 1.59 bits per heavy atom. The summed E-state index contributed by atoms with van der Waals surface area (Å²) < 4.78 is 16.0. The third-order valence-electron chi connectivity index (χ3n) is 3.54. The summed E-state index contributed by atoms with van der Waals surface area (Å²) in [6.45, 7) is 15.7. The normalized spacial score (nSPS) is 14.2. The summed E-state index contributed by atoms with van der Waals surface area (Å²) in [7, 11) is -0.855. The zero-order valence-corrected chi connectivity index (χ0v) is 16.3. The second-order valence-corrected chi connectivity index (χ2v) is 12.5. The largest absolute Gasteiger partial charge is 0.467 e. The van der Waals surface area contributed by atoms with Crippen LogP contribution in [0.4, 0.5) is 4.79 Å². The van der Waals surface area contributed by atoms with E-state index in [0.717, 1.165) is 0 Å². The summed E-state index contributed by atoms with van der Waals surface area (Å²) in [5, 5.41) is 2.51. The van der Waals surface area contributed by atoms with Crippen LogP contribution in [0.1, 0.15) is 41.5 Å². The molecule has 6 nitrogen and oxygen atoms in total. The van der Waals surface area contributed by atoms with Crippen LogP contribution in [0.2, 0.25) is 18.1 Å². The quantitative estimate of drug-likeness (QED) is 0.618. The Hall–Kier alpha value is -1.08. The van der Waals surface area contributed by atoms with Gasteiger partial charge in [0, 0.05) is 0 Å². The third kappa shape index (κ3) is 7.26. The Kier molecular flexibility index (Phi) is 7.09. The molecule has 0 saturated carbocycles. The number of hydrogen-bond acceptors (Lipinski definition) is 5. The average Bonchev–Trinajstić information content (AvgIpc) is 2.29. The van der Waals surface area contributed by atoms with Crippen molar-refractivity contribution in [3.8, 4) is 0 Å². The Bertz CT molecular complexity index is 396. The van der Waals surface area contributed by atoms with Gasteiger partial charge in [0.15, 0.2) is 14.4 Å². The number of rotatable bonds is 5. The second kappa shape index (κ2) is 7.46. The minimum Gasteiger partial charge on any atom is -0.467 e. The predicted octanol–water partition coefficient (Wildman–Crippen LogP) is 3.07. The smallest absolute Gasteiger partial charge is 0.407 e. The topological polar surface area (TPSA) is 73.9 Å². The van der Waals surface area contributed by atoms with Crippen LogP contribution in [0.3, 0.4) is 0 Å². The van der Waals surface area contributed by atoms with Gasteiger partial charge in [-0.3, -0.25) is 0 Å². The van der Waals surface area contributed by atoms with Gasteiger partial charge in [-0.05, 0) is 38.9 Å². The molecule has 130 valence electrons. The molecule has 0 aromatic carbocycles. The SMILES string of the molecule is COC(=O)C(CNC(=O)OC(C)(C)C)O[Si](C)(C)C(C)(C)C. The van der Waals surface area contributed by atoms with Crippen LogP contribution in [-0.4, -0.2) is 45.7 Å². The van der Waals surface area contributed by atoms with Crippen LogP contribution in [-0.2, 0) is 18.7 Å². The number of hydrogen-bond donors (Lipinski definition) is 1. The molecule has 1 unspecified atom stereocenters. The van der Waals surface area contributed by atoms with Gasteiger partial charge in [0.25, 0.3) is 0 Å². The van der Waals surface area contributed by atoms with E-state index in [1.54, 1.807) is 20.8 Å². The van der Waals surface area contributed by atoms with Crippen molar-refractivity contribution in [1.82, 2.24) is 5.32 Å². The van der Waals surface area contributed by atoms with Crippen molar-refractivity contribution in [2.24, 2.45) is 0 Å². The minimum atomic E-state index is -2.16. The number of carbonyl (C=O) groups excluding carboxylic acids is 2. The lowest BCUT2D eigenvalue weighted by Gasteiger charge is -2.38. The van der Waals surface area contributed by atoms with E-state index in [2.05, 4.69) is 26.1 Å². The lowest BCUT2D eigenvalue weighted by Crippen LogP contribution is -2.50. The lowest BCUT2D eigenvalue weighted by molar-refractivity contribution is -0.149. The predicted molar refractivity (Wildman–Crippen MR) is 88.3 cm³/mol. The highest BCUT2D eigenvalue weighted by Crippen LogP contribution is 2.37. The van der Waals surface area contributed by atoms with Crippen molar-refractivity contribution in [2.45, 2.75) is 71.4 Å². The molecule has 0 saturated heterocycles. The van der Waals surface area contributed by atoms with Gasteiger partial charge in [-0.25, -0.2) is 9.59 Å². The van der Waals surface area contributed by atoms with Gasteiger partial charge in [0.2, 0.25) is 0 Å². The summed E-state index contributed by atoms with van der Waals surface area (Å²) in [5.41, 5.74) is -0.592.